The Morgan fingerprint density at radius 1 is 0.333 bits per heavy atom. The van der Waals surface area contributed by atoms with E-state index in [2.05, 4.69) is 172 Å². The van der Waals surface area contributed by atoms with E-state index in [1.54, 1.807) is 0 Å². The van der Waals surface area contributed by atoms with Gasteiger partial charge in [0.05, 0.1) is 5.41 Å². The van der Waals surface area contributed by atoms with E-state index < -0.39 is 5.41 Å². The van der Waals surface area contributed by atoms with Crippen LogP contribution < -0.4 is 0 Å². The van der Waals surface area contributed by atoms with E-state index in [4.69, 9.17) is 15.0 Å². The molecule has 9 aromatic rings. The van der Waals surface area contributed by atoms with Gasteiger partial charge in [0.25, 0.3) is 0 Å². The molecule has 3 heteroatoms. The zero-order valence-corrected chi connectivity index (χ0v) is 30.1. The molecule has 2 aliphatic rings. The number of benzene rings is 8. The van der Waals surface area contributed by atoms with Crippen molar-refractivity contribution in [2.75, 3.05) is 0 Å². The van der Waals surface area contributed by atoms with Crippen molar-refractivity contribution in [3.05, 3.63) is 209 Å². The summed E-state index contributed by atoms with van der Waals surface area (Å²) in [6, 6.07) is 63.6. The van der Waals surface area contributed by atoms with Crippen LogP contribution in [0.1, 0.15) is 47.2 Å². The van der Waals surface area contributed by atoms with Crippen LogP contribution in [0.5, 0.6) is 0 Å². The quantitative estimate of drug-likeness (QED) is 0.173. The van der Waals surface area contributed by atoms with E-state index in [-0.39, 0.29) is 5.41 Å². The minimum Gasteiger partial charge on any atom is -0.208 e. The van der Waals surface area contributed by atoms with Crippen LogP contribution in [-0.2, 0) is 10.8 Å². The summed E-state index contributed by atoms with van der Waals surface area (Å²) in [5, 5.41) is 4.68. The zero-order chi connectivity index (χ0) is 36.0. The number of hydrogen-bond donors (Lipinski definition) is 0. The van der Waals surface area contributed by atoms with Gasteiger partial charge in [-0.25, -0.2) is 15.0 Å². The first-order valence-electron chi connectivity index (χ1n) is 18.7. The van der Waals surface area contributed by atoms with Crippen LogP contribution in [-0.4, -0.2) is 15.0 Å². The highest BCUT2D eigenvalue weighted by molar-refractivity contribution is 6.13. The molecule has 0 N–H and O–H groups in total. The largest absolute Gasteiger partial charge is 0.208 e. The normalized spacial score (nSPS) is 14.4. The van der Waals surface area contributed by atoms with Crippen LogP contribution in [0.15, 0.2) is 176 Å². The molecule has 0 bridgehead atoms. The Bertz CT molecular complexity index is 2930. The molecule has 0 saturated heterocycles. The van der Waals surface area contributed by atoms with E-state index in [0.29, 0.717) is 17.5 Å². The maximum absolute atomic E-state index is 5.31. The minimum atomic E-state index is -0.448. The second-order valence-corrected chi connectivity index (χ2v) is 15.1. The molecular weight excluding hydrogens is 655 g/mol. The van der Waals surface area contributed by atoms with Gasteiger partial charge in [0, 0.05) is 22.1 Å². The highest BCUT2D eigenvalue weighted by Gasteiger charge is 2.53. The molecule has 0 atom stereocenters. The number of rotatable bonds is 3. The molecule has 1 aromatic heterocycles. The van der Waals surface area contributed by atoms with E-state index in [1.165, 1.54) is 55.3 Å². The van der Waals surface area contributed by atoms with Crippen molar-refractivity contribution in [2.45, 2.75) is 24.7 Å². The van der Waals surface area contributed by atoms with Gasteiger partial charge >= 0.3 is 0 Å². The molecule has 54 heavy (non-hydrogen) atoms. The minimum absolute atomic E-state index is 0.141. The first-order chi connectivity index (χ1) is 26.5. The van der Waals surface area contributed by atoms with Crippen LogP contribution in [0.2, 0.25) is 0 Å². The molecule has 0 fully saturated rings. The van der Waals surface area contributed by atoms with Gasteiger partial charge in [0.1, 0.15) is 0 Å². The van der Waals surface area contributed by atoms with Crippen molar-refractivity contribution >= 4 is 21.5 Å². The standard InChI is InChI=1S/C51H35N3/c1-50(2)43-24-12-14-26-45(43)51(46-27-15-13-25-44(46)50)41-23-11-10-22-38(41)39-31-34(28-29-42(39)51)48-52-47(32-16-4-3-5-17-32)53-49(54-48)40-30-33-18-6-7-19-35(33)36-20-8-9-21-37(36)40/h3-31H,1-2H3. The average Bonchev–Trinajstić information content (AvgIpc) is 3.53. The predicted molar refractivity (Wildman–Crippen MR) is 221 cm³/mol. The summed E-state index contributed by atoms with van der Waals surface area (Å²) in [6.07, 6.45) is 0. The molecule has 0 radical (unpaired) electrons. The van der Waals surface area contributed by atoms with Gasteiger partial charge in [-0.2, -0.15) is 0 Å². The first-order valence-corrected chi connectivity index (χ1v) is 18.7. The van der Waals surface area contributed by atoms with Gasteiger partial charge in [-0.15, -0.1) is 0 Å². The number of hydrogen-bond acceptors (Lipinski definition) is 3. The van der Waals surface area contributed by atoms with E-state index >= 15 is 0 Å². The predicted octanol–water partition coefficient (Wildman–Crippen LogP) is 12.2. The Balaban J connectivity index is 1.18. The van der Waals surface area contributed by atoms with Crippen LogP contribution in [0.25, 0.3) is 66.8 Å². The van der Waals surface area contributed by atoms with Crippen molar-refractivity contribution in [1.29, 1.82) is 0 Å². The number of aromatic nitrogens is 3. The first kappa shape index (κ1) is 30.9. The Hall–Kier alpha value is -6.71. The fourth-order valence-electron chi connectivity index (χ4n) is 9.59. The summed E-state index contributed by atoms with van der Waals surface area (Å²) >= 11 is 0. The Morgan fingerprint density at radius 2 is 0.852 bits per heavy atom. The van der Waals surface area contributed by atoms with Crippen LogP contribution in [0.4, 0.5) is 0 Å². The lowest BCUT2D eigenvalue weighted by Gasteiger charge is -2.46. The monoisotopic (exact) mass is 689 g/mol. The van der Waals surface area contributed by atoms with Gasteiger partial charge in [-0.3, -0.25) is 0 Å². The molecule has 2 aliphatic carbocycles. The zero-order valence-electron chi connectivity index (χ0n) is 30.1. The molecule has 8 aromatic carbocycles. The molecule has 0 amide bonds. The van der Waals surface area contributed by atoms with Gasteiger partial charge in [0.15, 0.2) is 17.5 Å². The maximum Gasteiger partial charge on any atom is 0.164 e. The molecule has 0 unspecified atom stereocenters. The summed E-state index contributed by atoms with van der Waals surface area (Å²) in [5.41, 5.74) is 12.8. The summed E-state index contributed by atoms with van der Waals surface area (Å²) in [4.78, 5) is 15.7. The SMILES string of the molecule is CC1(C)c2ccccc2C2(c3ccccc3-c3cc(-c4nc(-c5ccccc5)nc(-c5cc6ccccc6c6ccccc56)n4)ccc32)c2ccccc21. The molecule has 254 valence electrons. The topological polar surface area (TPSA) is 38.7 Å². The van der Waals surface area contributed by atoms with Crippen molar-refractivity contribution < 1.29 is 0 Å². The molecule has 0 aliphatic heterocycles. The smallest absolute Gasteiger partial charge is 0.164 e. The van der Waals surface area contributed by atoms with Crippen LogP contribution >= 0.6 is 0 Å². The third kappa shape index (κ3) is 4.21. The lowest BCUT2D eigenvalue weighted by molar-refractivity contribution is 0.563. The molecule has 1 heterocycles. The maximum atomic E-state index is 5.31. The summed E-state index contributed by atoms with van der Waals surface area (Å²) in [5.74, 6) is 1.97. The lowest BCUT2D eigenvalue weighted by atomic mass is 9.55. The van der Waals surface area contributed by atoms with E-state index in [9.17, 15) is 0 Å². The van der Waals surface area contributed by atoms with Gasteiger partial charge in [-0.1, -0.05) is 178 Å². The van der Waals surface area contributed by atoms with Gasteiger partial charge < -0.3 is 0 Å². The summed E-state index contributed by atoms with van der Waals surface area (Å²) in [6.45, 7) is 4.73. The van der Waals surface area contributed by atoms with Crippen molar-refractivity contribution in [2.24, 2.45) is 0 Å². The van der Waals surface area contributed by atoms with E-state index in [0.717, 1.165) is 27.5 Å². The second-order valence-electron chi connectivity index (χ2n) is 15.1. The number of fused-ring (bicyclic) bond motifs is 12. The second kappa shape index (κ2) is 11.4. The fourth-order valence-corrected chi connectivity index (χ4v) is 9.59. The molecule has 1 spiro atoms. The molecule has 0 saturated carbocycles. The summed E-state index contributed by atoms with van der Waals surface area (Å²) < 4.78 is 0. The van der Waals surface area contributed by atoms with Crippen LogP contribution in [0.3, 0.4) is 0 Å². The summed E-state index contributed by atoms with van der Waals surface area (Å²) in [7, 11) is 0. The Morgan fingerprint density at radius 3 is 1.57 bits per heavy atom. The Kier molecular flexibility index (Phi) is 6.51. The lowest BCUT2D eigenvalue weighted by Crippen LogP contribution is -2.40. The third-order valence-corrected chi connectivity index (χ3v) is 12.0. The van der Waals surface area contributed by atoms with Crippen LogP contribution in [0, 0.1) is 0 Å². The highest BCUT2D eigenvalue weighted by Crippen LogP contribution is 2.62. The molecular formula is C51H35N3. The van der Waals surface area contributed by atoms with Gasteiger partial charge in [0.2, 0.25) is 0 Å². The molecule has 11 rings (SSSR count). The van der Waals surface area contributed by atoms with Crippen molar-refractivity contribution in [3.63, 3.8) is 0 Å². The van der Waals surface area contributed by atoms with Gasteiger partial charge in [-0.05, 0) is 78.2 Å². The van der Waals surface area contributed by atoms with Crippen molar-refractivity contribution in [3.8, 4) is 45.3 Å². The highest BCUT2D eigenvalue weighted by atomic mass is 15.0. The number of nitrogens with zero attached hydrogens (tertiary/aromatic N) is 3. The Labute approximate surface area is 314 Å². The molecule has 3 nitrogen and oxygen atoms in total. The average molecular weight is 690 g/mol. The third-order valence-electron chi connectivity index (χ3n) is 12.0. The fraction of sp³-hybridized carbons (Fsp3) is 0.0784. The van der Waals surface area contributed by atoms with Crippen molar-refractivity contribution in [1.82, 2.24) is 15.0 Å². The van der Waals surface area contributed by atoms with E-state index in [1.807, 2.05) is 18.2 Å².